The summed E-state index contributed by atoms with van der Waals surface area (Å²) in [6, 6.07) is 1.74. The number of carbonyl (C=O) groups excluding carboxylic acids is 1. The van der Waals surface area contributed by atoms with Crippen LogP contribution in [0.25, 0.3) is 6.08 Å². The summed E-state index contributed by atoms with van der Waals surface area (Å²) in [4.78, 5) is 11.6. The molecule has 1 atom stereocenters. The molecule has 24 heavy (non-hydrogen) atoms. The van der Waals surface area contributed by atoms with Gasteiger partial charge >= 0.3 is 18.5 Å². The molecule has 0 N–H and O–H groups in total. The lowest BCUT2D eigenvalue weighted by molar-refractivity contribution is -0.274. The van der Waals surface area contributed by atoms with Gasteiger partial charge in [-0.3, -0.25) is 0 Å². The molecular weight excluding hydrogens is 370 g/mol. The molecule has 132 valence electrons. The third-order valence-corrected chi connectivity index (χ3v) is 2.88. The van der Waals surface area contributed by atoms with Crippen LogP contribution >= 0.6 is 11.6 Å². The third kappa shape index (κ3) is 4.25. The van der Waals surface area contributed by atoms with E-state index in [0.29, 0.717) is 0 Å². The minimum absolute atomic E-state index is 0.209. The van der Waals surface area contributed by atoms with Gasteiger partial charge in [-0.1, -0.05) is 11.6 Å². The molecule has 0 spiro atoms. The first-order valence-electron chi connectivity index (χ1n) is 6.09. The first-order valence-corrected chi connectivity index (χ1v) is 6.62. The summed E-state index contributed by atoms with van der Waals surface area (Å²) >= 11 is 5.14. The molecule has 1 aromatic rings. The number of rotatable bonds is 3. The molecule has 11 heteroatoms. The molecule has 0 amide bonds. The molecule has 1 aliphatic heterocycles. The lowest BCUT2D eigenvalue weighted by Crippen LogP contribution is -2.40. The van der Waals surface area contributed by atoms with Crippen molar-refractivity contribution in [2.75, 3.05) is 6.07 Å². The van der Waals surface area contributed by atoms with Crippen LogP contribution in [-0.4, -0.2) is 30.7 Å². The molecule has 4 nitrogen and oxygen atoms in total. The molecule has 0 aromatic heterocycles. The monoisotopic (exact) mass is 376 g/mol. The quantitative estimate of drug-likeness (QED) is 0.454. The molecular formula is C13H7ClF6O4. The fraction of sp³-hybridized carbons (Fsp3) is 0.308. The predicted octanol–water partition coefficient (Wildman–Crippen LogP) is 4.03. The number of hydrogen-bond donors (Lipinski definition) is 0. The minimum atomic E-state index is -4.98. The Hall–Kier alpha value is -2.10. The second kappa shape index (κ2) is 6.42. The van der Waals surface area contributed by atoms with Crippen LogP contribution in [0.3, 0.4) is 0 Å². The Labute approximate surface area is 135 Å². The lowest BCUT2D eigenvalue weighted by Gasteiger charge is -2.27. The summed E-state index contributed by atoms with van der Waals surface area (Å²) in [6.45, 7) is 0. The van der Waals surface area contributed by atoms with E-state index in [2.05, 4.69) is 14.2 Å². The third-order valence-electron chi connectivity index (χ3n) is 2.77. The van der Waals surface area contributed by atoms with Crippen molar-refractivity contribution in [3.05, 3.63) is 29.3 Å². The van der Waals surface area contributed by atoms with E-state index in [1.165, 1.54) is 0 Å². The highest BCUT2D eigenvalue weighted by Crippen LogP contribution is 2.39. The van der Waals surface area contributed by atoms with Gasteiger partial charge in [0.1, 0.15) is 11.5 Å². The zero-order valence-corrected chi connectivity index (χ0v) is 12.1. The predicted molar refractivity (Wildman–Crippen MR) is 68.4 cm³/mol. The van der Waals surface area contributed by atoms with Crippen LogP contribution in [0.5, 0.6) is 11.5 Å². The number of benzene rings is 1. The summed E-state index contributed by atoms with van der Waals surface area (Å²) in [5.41, 5.74) is -1.15. The highest BCUT2D eigenvalue weighted by molar-refractivity contribution is 6.17. The smallest absolute Gasteiger partial charge is 0.475 e. The standard InChI is InChI=1S/C13H7ClF6O4/c14-5-22-11(21)8-4-6-3-7(24-13(18,19)20)1-2-9(6)23-10(8)12(15,16)17/h1-4,10H,5H2. The molecule has 0 saturated heterocycles. The molecule has 0 fully saturated rings. The van der Waals surface area contributed by atoms with E-state index >= 15 is 0 Å². The normalized spacial score (nSPS) is 17.5. The second-order valence-electron chi connectivity index (χ2n) is 4.43. The first kappa shape index (κ1) is 18.2. The van der Waals surface area contributed by atoms with Crippen molar-refractivity contribution in [3.63, 3.8) is 0 Å². The first-order chi connectivity index (χ1) is 11.0. The van der Waals surface area contributed by atoms with Gasteiger partial charge in [-0.25, -0.2) is 4.79 Å². The highest BCUT2D eigenvalue weighted by Gasteiger charge is 2.49. The van der Waals surface area contributed by atoms with Gasteiger partial charge in [-0.2, -0.15) is 13.2 Å². The highest BCUT2D eigenvalue weighted by atomic mass is 35.5. The molecule has 1 unspecified atom stereocenters. The molecule has 0 saturated carbocycles. The van der Waals surface area contributed by atoms with E-state index in [-0.39, 0.29) is 11.3 Å². The second-order valence-corrected chi connectivity index (χ2v) is 4.65. The fourth-order valence-electron chi connectivity index (χ4n) is 1.92. The van der Waals surface area contributed by atoms with Crippen LogP contribution < -0.4 is 9.47 Å². The maximum atomic E-state index is 13.0. The van der Waals surface area contributed by atoms with Gasteiger partial charge in [0.05, 0.1) is 5.57 Å². The van der Waals surface area contributed by atoms with Crippen LogP contribution in [0, 0.1) is 0 Å². The molecule has 1 aliphatic rings. The van der Waals surface area contributed by atoms with Crippen molar-refractivity contribution in [1.29, 1.82) is 0 Å². The number of alkyl halides is 7. The minimum Gasteiger partial charge on any atom is -0.475 e. The van der Waals surface area contributed by atoms with Crippen molar-refractivity contribution in [1.82, 2.24) is 0 Å². The van der Waals surface area contributed by atoms with Crippen molar-refractivity contribution >= 4 is 23.6 Å². The number of hydrogen-bond acceptors (Lipinski definition) is 4. The van der Waals surface area contributed by atoms with Gasteiger partial charge in [-0.15, -0.1) is 13.2 Å². The summed E-state index contributed by atoms with van der Waals surface area (Å²) in [7, 11) is 0. The number of halogens is 7. The largest absolute Gasteiger partial charge is 0.573 e. The number of carbonyl (C=O) groups is 1. The SMILES string of the molecule is O=C(OCCl)C1=Cc2cc(OC(F)(F)F)ccc2OC1C(F)(F)F. The van der Waals surface area contributed by atoms with Crippen LogP contribution in [0.15, 0.2) is 23.8 Å². The van der Waals surface area contributed by atoms with E-state index in [9.17, 15) is 31.1 Å². The average Bonchev–Trinajstić information content (AvgIpc) is 2.43. The topological polar surface area (TPSA) is 44.8 Å². The molecule has 0 aliphatic carbocycles. The molecule has 0 bridgehead atoms. The molecule has 0 radical (unpaired) electrons. The Kier molecular flexibility index (Phi) is 4.88. The van der Waals surface area contributed by atoms with Gasteiger partial charge < -0.3 is 14.2 Å². The van der Waals surface area contributed by atoms with Crippen LogP contribution in [0.2, 0.25) is 0 Å². The Morgan fingerprint density at radius 1 is 1.21 bits per heavy atom. The summed E-state index contributed by atoms with van der Waals surface area (Å²) in [5.74, 6) is -2.45. The van der Waals surface area contributed by atoms with Crippen molar-refractivity contribution in [2.45, 2.75) is 18.6 Å². The van der Waals surface area contributed by atoms with Crippen molar-refractivity contribution < 1.29 is 45.3 Å². The fourth-order valence-corrected chi connectivity index (χ4v) is 2.02. The van der Waals surface area contributed by atoms with E-state index in [0.717, 1.165) is 24.3 Å². The van der Waals surface area contributed by atoms with E-state index < -0.39 is 42.0 Å². The van der Waals surface area contributed by atoms with Crippen molar-refractivity contribution in [3.8, 4) is 11.5 Å². The van der Waals surface area contributed by atoms with Gasteiger partial charge in [-0.05, 0) is 24.3 Å². The lowest BCUT2D eigenvalue weighted by atomic mass is 10.0. The average molecular weight is 377 g/mol. The Morgan fingerprint density at radius 3 is 2.42 bits per heavy atom. The zero-order valence-electron chi connectivity index (χ0n) is 11.4. The zero-order chi connectivity index (χ0) is 18.1. The number of esters is 1. The van der Waals surface area contributed by atoms with E-state index in [1.807, 2.05) is 0 Å². The van der Waals surface area contributed by atoms with Gasteiger partial charge in [0.15, 0.2) is 6.07 Å². The van der Waals surface area contributed by atoms with Gasteiger partial charge in [0, 0.05) is 5.56 Å². The molecule has 1 aromatic carbocycles. The Bertz CT molecular complexity index is 667. The Balaban J connectivity index is 2.44. The summed E-state index contributed by atoms with van der Waals surface area (Å²) < 4.78 is 88.2. The maximum Gasteiger partial charge on any atom is 0.573 e. The van der Waals surface area contributed by atoms with Crippen LogP contribution in [0.4, 0.5) is 26.3 Å². The van der Waals surface area contributed by atoms with E-state index in [4.69, 9.17) is 11.6 Å². The van der Waals surface area contributed by atoms with Gasteiger partial charge in [0.25, 0.3) is 0 Å². The van der Waals surface area contributed by atoms with E-state index in [1.54, 1.807) is 0 Å². The summed E-state index contributed by atoms with van der Waals surface area (Å²) in [5, 5.41) is 0. The van der Waals surface area contributed by atoms with Crippen LogP contribution in [0.1, 0.15) is 5.56 Å². The maximum absolute atomic E-state index is 13.0. The molecule has 2 rings (SSSR count). The molecule has 1 heterocycles. The Morgan fingerprint density at radius 2 is 1.88 bits per heavy atom. The number of ether oxygens (including phenoxy) is 3. The number of fused-ring (bicyclic) bond motifs is 1. The summed E-state index contributed by atoms with van der Waals surface area (Å²) in [6.07, 6.45) is -11.8. The van der Waals surface area contributed by atoms with Crippen molar-refractivity contribution in [2.24, 2.45) is 0 Å². The van der Waals surface area contributed by atoms with Crippen LogP contribution in [-0.2, 0) is 9.53 Å². The van der Waals surface area contributed by atoms with Gasteiger partial charge in [0.2, 0.25) is 6.10 Å².